The van der Waals surface area contributed by atoms with Gasteiger partial charge in [0.05, 0.1) is 61.2 Å². The Kier molecular flexibility index (Phi) is 13.1. The number of Topliss-reactive ketones (excluding diaryl/α,β-unsaturated/α-hetero) is 2. The van der Waals surface area contributed by atoms with Crippen molar-refractivity contribution in [1.82, 2.24) is 30.8 Å². The number of amides is 3. The molecule has 3 aliphatic rings. The van der Waals surface area contributed by atoms with Crippen molar-refractivity contribution in [3.63, 3.8) is 0 Å². The number of nitrogens with zero attached hydrogens (tertiary/aromatic N) is 2. The molecule has 4 heterocycles. The second-order valence-corrected chi connectivity index (χ2v) is 16.1. The maximum Gasteiger partial charge on any atom is 0.343 e. The number of hydrogen-bond donors (Lipinski definition) is 6. The lowest BCUT2D eigenvalue weighted by Crippen LogP contribution is -2.44. The SMILES string of the molecule is CC[C@@]1(O)C(=O)OCc2c1cc1n(c2=O)Cc2c-1nc1cc(F)c(C)c3c1c2[C@@H](NC(=O)CNCCCC(=O)CNC(=O)[C@@H](CC(=O)CNC(=O)CN)Cc1ccccc1)CC3. The van der Waals surface area contributed by atoms with E-state index in [1.165, 1.54) is 10.6 Å². The Morgan fingerprint density at radius 3 is 2.52 bits per heavy atom. The highest BCUT2D eigenvalue weighted by Gasteiger charge is 2.46. The van der Waals surface area contributed by atoms with Crippen LogP contribution in [0.15, 0.2) is 47.3 Å². The number of rotatable bonds is 18. The summed E-state index contributed by atoms with van der Waals surface area (Å²) in [6.07, 6.45) is 1.56. The monoisotopic (exact) mass is 851 g/mol. The van der Waals surface area contributed by atoms with Gasteiger partial charge < -0.3 is 41.4 Å². The molecule has 0 bridgehead atoms. The molecule has 7 N–H and O–H groups in total. The van der Waals surface area contributed by atoms with Crippen LogP contribution in [0.1, 0.15) is 84.0 Å². The smallest absolute Gasteiger partial charge is 0.343 e. The minimum atomic E-state index is -2.01. The van der Waals surface area contributed by atoms with E-state index in [-0.39, 0.29) is 93.6 Å². The highest BCUT2D eigenvalue weighted by molar-refractivity contribution is 5.95. The maximum atomic E-state index is 15.3. The van der Waals surface area contributed by atoms with E-state index in [1.807, 2.05) is 30.3 Å². The molecule has 0 spiro atoms. The predicted molar refractivity (Wildman–Crippen MR) is 224 cm³/mol. The number of aromatic nitrogens is 2. The number of hydrogen-bond acceptors (Lipinski definition) is 12. The van der Waals surface area contributed by atoms with E-state index >= 15 is 4.39 Å². The van der Waals surface area contributed by atoms with Crippen molar-refractivity contribution in [3.8, 4) is 11.4 Å². The lowest BCUT2D eigenvalue weighted by molar-refractivity contribution is -0.172. The second kappa shape index (κ2) is 18.4. The fourth-order valence-electron chi connectivity index (χ4n) is 8.75. The van der Waals surface area contributed by atoms with Crippen molar-refractivity contribution in [2.45, 2.75) is 83.6 Å². The van der Waals surface area contributed by atoms with E-state index < -0.39 is 46.7 Å². The fourth-order valence-corrected chi connectivity index (χ4v) is 8.75. The van der Waals surface area contributed by atoms with Crippen molar-refractivity contribution in [2.75, 3.05) is 32.7 Å². The quantitative estimate of drug-likeness (QED) is 0.0544. The van der Waals surface area contributed by atoms with E-state index in [4.69, 9.17) is 15.5 Å². The van der Waals surface area contributed by atoms with E-state index in [9.17, 15) is 38.7 Å². The Morgan fingerprint density at radius 1 is 1.02 bits per heavy atom. The zero-order chi connectivity index (χ0) is 44.3. The van der Waals surface area contributed by atoms with Crippen LogP contribution in [0.25, 0.3) is 22.3 Å². The van der Waals surface area contributed by atoms with Gasteiger partial charge in [-0.25, -0.2) is 14.2 Å². The number of ether oxygens (including phenoxy) is 1. The van der Waals surface area contributed by atoms with Crippen LogP contribution in [-0.2, 0) is 65.1 Å². The van der Waals surface area contributed by atoms with Gasteiger partial charge >= 0.3 is 5.97 Å². The molecule has 0 radical (unpaired) electrons. The van der Waals surface area contributed by atoms with Crippen molar-refractivity contribution < 1.29 is 43.0 Å². The Labute approximate surface area is 356 Å². The number of aliphatic hydroxyl groups is 1. The molecular formula is C45H50FN7O9. The van der Waals surface area contributed by atoms with Gasteiger partial charge in [-0.15, -0.1) is 0 Å². The van der Waals surface area contributed by atoms with Crippen molar-refractivity contribution in [3.05, 3.63) is 97.6 Å². The van der Waals surface area contributed by atoms with E-state index in [0.29, 0.717) is 53.8 Å². The number of carbonyl (C=O) groups is 6. The molecule has 62 heavy (non-hydrogen) atoms. The molecule has 0 unspecified atom stereocenters. The Hall–Kier alpha value is -6.17. The lowest BCUT2D eigenvalue weighted by Gasteiger charge is -2.31. The van der Waals surface area contributed by atoms with Gasteiger partial charge in [-0.2, -0.15) is 0 Å². The predicted octanol–water partition coefficient (Wildman–Crippen LogP) is 1.58. The zero-order valence-corrected chi connectivity index (χ0v) is 34.7. The molecule has 3 amide bonds. The van der Waals surface area contributed by atoms with Crippen LogP contribution < -0.4 is 32.6 Å². The summed E-state index contributed by atoms with van der Waals surface area (Å²) in [6, 6.07) is 11.6. The summed E-state index contributed by atoms with van der Waals surface area (Å²) in [4.78, 5) is 94.9. The van der Waals surface area contributed by atoms with Gasteiger partial charge in [0.2, 0.25) is 17.7 Å². The topological polar surface area (TPSA) is 241 Å². The van der Waals surface area contributed by atoms with Crippen LogP contribution in [0.2, 0.25) is 0 Å². The van der Waals surface area contributed by atoms with E-state index in [0.717, 1.165) is 22.1 Å². The number of nitrogens with two attached hydrogens (primary N) is 1. The molecule has 16 nitrogen and oxygen atoms in total. The third-order valence-electron chi connectivity index (χ3n) is 12.1. The van der Waals surface area contributed by atoms with Crippen LogP contribution in [-0.4, -0.2) is 82.6 Å². The molecule has 17 heteroatoms. The van der Waals surface area contributed by atoms with Gasteiger partial charge in [-0.1, -0.05) is 37.3 Å². The fraction of sp³-hybridized carbons (Fsp3) is 0.422. The first-order chi connectivity index (χ1) is 29.7. The summed E-state index contributed by atoms with van der Waals surface area (Å²) in [5.41, 5.74) is 7.89. The Morgan fingerprint density at radius 2 is 1.77 bits per heavy atom. The number of benzene rings is 2. The lowest BCUT2D eigenvalue weighted by atomic mass is 9.81. The molecule has 4 aromatic rings. The number of esters is 1. The van der Waals surface area contributed by atoms with Crippen molar-refractivity contribution >= 4 is 46.2 Å². The van der Waals surface area contributed by atoms with Gasteiger partial charge in [-0.05, 0) is 73.9 Å². The minimum absolute atomic E-state index is 0.0170. The third-order valence-corrected chi connectivity index (χ3v) is 12.1. The number of halogens is 1. The van der Waals surface area contributed by atoms with Crippen molar-refractivity contribution in [2.24, 2.45) is 11.7 Å². The zero-order valence-electron chi connectivity index (χ0n) is 34.7. The van der Waals surface area contributed by atoms with Gasteiger partial charge in [0, 0.05) is 41.3 Å². The molecule has 7 rings (SSSR count). The standard InChI is InChI=1S/C45H50FN7O9/c1-3-45(61)32-16-36-41-30(22-53(36)43(59)31(32)23-62-44(45)60)40-34(12-11-29-24(2)33(46)17-35(52-41)39(29)40)51-38(57)21-48-13-7-10-27(54)19-50-42(58)26(14-25-8-5-4-6-9-25)15-28(55)20-49-37(56)18-47/h4-6,8-9,16-17,26,34,48,61H,3,7,10-15,18-23,47H2,1-2H3,(H,49,56)(H,50,58)(H,51,57)/t26-,34+,45+/m1/s1. The number of carbonyl (C=O) groups excluding carboxylic acids is 6. The molecule has 2 aromatic heterocycles. The number of cyclic esters (lactones) is 1. The molecule has 0 saturated heterocycles. The highest BCUT2D eigenvalue weighted by Crippen LogP contribution is 2.46. The molecular weight excluding hydrogens is 802 g/mol. The van der Waals surface area contributed by atoms with Gasteiger partial charge in [0.15, 0.2) is 17.2 Å². The minimum Gasteiger partial charge on any atom is -0.458 e. The van der Waals surface area contributed by atoms with E-state index in [2.05, 4.69) is 21.3 Å². The number of ketones is 2. The van der Waals surface area contributed by atoms with Gasteiger partial charge in [-0.3, -0.25) is 28.8 Å². The van der Waals surface area contributed by atoms with Crippen molar-refractivity contribution in [1.29, 1.82) is 0 Å². The molecule has 0 saturated carbocycles. The van der Waals surface area contributed by atoms with Crippen LogP contribution >= 0.6 is 0 Å². The van der Waals surface area contributed by atoms with Crippen LogP contribution in [0, 0.1) is 18.7 Å². The molecule has 3 atom stereocenters. The summed E-state index contributed by atoms with van der Waals surface area (Å²) in [5, 5.41) is 23.3. The summed E-state index contributed by atoms with van der Waals surface area (Å²) < 4.78 is 22.0. The molecule has 326 valence electrons. The molecule has 2 aliphatic heterocycles. The first-order valence-electron chi connectivity index (χ1n) is 20.9. The highest BCUT2D eigenvalue weighted by atomic mass is 19.1. The van der Waals surface area contributed by atoms with Gasteiger partial charge in [0.1, 0.15) is 12.4 Å². The maximum absolute atomic E-state index is 15.3. The average molecular weight is 852 g/mol. The summed E-state index contributed by atoms with van der Waals surface area (Å²) in [7, 11) is 0. The normalized spacial score (nSPS) is 17.6. The van der Waals surface area contributed by atoms with Gasteiger partial charge in [0.25, 0.3) is 5.56 Å². The number of fused-ring (bicyclic) bond motifs is 5. The number of nitrogens with one attached hydrogen (secondary N) is 4. The summed E-state index contributed by atoms with van der Waals surface area (Å²) >= 11 is 0. The number of aryl methyl sites for hydroxylation is 1. The first-order valence-corrected chi connectivity index (χ1v) is 20.9. The third kappa shape index (κ3) is 8.78. The van der Waals surface area contributed by atoms with Crippen LogP contribution in [0.3, 0.4) is 0 Å². The van der Waals surface area contributed by atoms with Crippen LogP contribution in [0.4, 0.5) is 4.39 Å². The largest absolute Gasteiger partial charge is 0.458 e. The molecule has 1 aliphatic carbocycles. The Balaban J connectivity index is 0.970. The average Bonchev–Trinajstić information content (AvgIpc) is 3.64. The first kappa shape index (κ1) is 43.9. The number of pyridine rings is 2. The summed E-state index contributed by atoms with van der Waals surface area (Å²) in [6.45, 7) is 2.68. The molecule has 2 aromatic carbocycles. The molecule has 0 fully saturated rings. The summed E-state index contributed by atoms with van der Waals surface area (Å²) in [5.74, 6) is -3.85. The Bertz CT molecular complexity index is 2540. The van der Waals surface area contributed by atoms with Crippen LogP contribution in [0.5, 0.6) is 0 Å². The second-order valence-electron chi connectivity index (χ2n) is 16.1. The van der Waals surface area contributed by atoms with E-state index in [1.54, 1.807) is 19.9 Å².